The van der Waals surface area contributed by atoms with E-state index in [4.69, 9.17) is 0 Å². The van der Waals surface area contributed by atoms with Crippen molar-refractivity contribution in [2.45, 2.75) is 39.2 Å². The van der Waals surface area contributed by atoms with Gasteiger partial charge in [-0.25, -0.2) is 13.4 Å². The van der Waals surface area contributed by atoms with Gasteiger partial charge in [0.05, 0.1) is 11.4 Å². The van der Waals surface area contributed by atoms with Crippen LogP contribution >= 0.6 is 0 Å². The van der Waals surface area contributed by atoms with Crippen molar-refractivity contribution >= 4 is 9.84 Å². The summed E-state index contributed by atoms with van der Waals surface area (Å²) in [5, 5.41) is 0. The highest BCUT2D eigenvalue weighted by Gasteiger charge is 2.18. The predicted octanol–water partition coefficient (Wildman–Crippen LogP) is 1.11. The molecular formula is C11H18N2O2S. The monoisotopic (exact) mass is 242 g/mol. The minimum atomic E-state index is -2.89. The highest BCUT2D eigenvalue weighted by Crippen LogP contribution is 2.21. The van der Waals surface area contributed by atoms with Gasteiger partial charge in [0, 0.05) is 18.5 Å². The van der Waals surface area contributed by atoms with Gasteiger partial charge in [0.1, 0.15) is 15.7 Å². The zero-order chi connectivity index (χ0) is 11.8. The first kappa shape index (κ1) is 11.6. The number of imidazole rings is 1. The van der Waals surface area contributed by atoms with Gasteiger partial charge in [0.2, 0.25) is 0 Å². The molecule has 0 unspecified atom stereocenters. The summed E-state index contributed by atoms with van der Waals surface area (Å²) in [6, 6.07) is 0. The maximum atomic E-state index is 11.2. The highest BCUT2D eigenvalue weighted by molar-refractivity contribution is 7.90. The number of nitrogens with zero attached hydrogens (tertiary/aromatic N) is 2. The number of rotatable bonds is 3. The largest absolute Gasteiger partial charge is 0.331 e. The van der Waals surface area contributed by atoms with Crippen LogP contribution in [-0.2, 0) is 29.2 Å². The van der Waals surface area contributed by atoms with Crippen molar-refractivity contribution in [3.8, 4) is 0 Å². The second-order valence-electron chi connectivity index (χ2n) is 4.54. The van der Waals surface area contributed by atoms with E-state index in [0.29, 0.717) is 6.54 Å². The third kappa shape index (κ3) is 2.45. The molecule has 4 nitrogen and oxygen atoms in total. The van der Waals surface area contributed by atoms with Crippen LogP contribution in [0.2, 0.25) is 0 Å². The molecule has 1 aliphatic rings. The van der Waals surface area contributed by atoms with E-state index in [1.165, 1.54) is 30.5 Å². The van der Waals surface area contributed by atoms with Crippen LogP contribution in [0.5, 0.6) is 0 Å². The molecule has 0 radical (unpaired) electrons. The Bertz CT molecular complexity index is 488. The third-order valence-corrected chi connectivity index (χ3v) is 4.03. The molecule has 0 saturated heterocycles. The van der Waals surface area contributed by atoms with Crippen LogP contribution in [0.15, 0.2) is 0 Å². The molecule has 1 aromatic rings. The maximum absolute atomic E-state index is 11.2. The van der Waals surface area contributed by atoms with E-state index in [0.717, 1.165) is 18.7 Å². The van der Waals surface area contributed by atoms with Crippen LogP contribution < -0.4 is 0 Å². The molecule has 2 rings (SSSR count). The lowest BCUT2D eigenvalue weighted by atomic mass is 10.0. The molecular weight excluding hydrogens is 224 g/mol. The molecule has 1 heterocycles. The SMILES string of the molecule is Cc1nc2c(n1CCS(C)(=O)=O)CCCC2. The summed E-state index contributed by atoms with van der Waals surface area (Å²) in [6.07, 6.45) is 5.76. The molecule has 0 atom stereocenters. The topological polar surface area (TPSA) is 52.0 Å². The van der Waals surface area contributed by atoms with E-state index in [-0.39, 0.29) is 5.75 Å². The Balaban J connectivity index is 2.23. The second kappa shape index (κ2) is 4.20. The predicted molar refractivity (Wildman–Crippen MR) is 63.3 cm³/mol. The van der Waals surface area contributed by atoms with Crippen molar-refractivity contribution in [2.24, 2.45) is 0 Å². The molecule has 0 aliphatic heterocycles. The minimum Gasteiger partial charge on any atom is -0.331 e. The number of sulfone groups is 1. The zero-order valence-electron chi connectivity index (χ0n) is 9.86. The minimum absolute atomic E-state index is 0.205. The highest BCUT2D eigenvalue weighted by atomic mass is 32.2. The Hall–Kier alpha value is -0.840. The molecule has 5 heteroatoms. The van der Waals surface area contributed by atoms with Gasteiger partial charge in [0.15, 0.2) is 0 Å². The number of fused-ring (bicyclic) bond motifs is 1. The Kier molecular flexibility index (Phi) is 3.06. The van der Waals surface area contributed by atoms with Crippen molar-refractivity contribution in [1.29, 1.82) is 0 Å². The van der Waals surface area contributed by atoms with Gasteiger partial charge in [-0.2, -0.15) is 0 Å². The Morgan fingerprint density at radius 2 is 2.00 bits per heavy atom. The number of hydrogen-bond acceptors (Lipinski definition) is 3. The number of aromatic nitrogens is 2. The van der Waals surface area contributed by atoms with Gasteiger partial charge in [-0.05, 0) is 32.6 Å². The van der Waals surface area contributed by atoms with Crippen LogP contribution in [0.4, 0.5) is 0 Å². The second-order valence-corrected chi connectivity index (χ2v) is 6.80. The normalized spacial score (nSPS) is 16.1. The molecule has 0 bridgehead atoms. The quantitative estimate of drug-likeness (QED) is 0.798. The molecule has 1 aromatic heterocycles. The van der Waals surface area contributed by atoms with Crippen LogP contribution in [-0.4, -0.2) is 30.0 Å². The zero-order valence-corrected chi connectivity index (χ0v) is 10.7. The fourth-order valence-electron chi connectivity index (χ4n) is 2.29. The summed E-state index contributed by atoms with van der Waals surface area (Å²) in [7, 11) is -2.89. The number of aryl methyl sites for hydroxylation is 2. The summed E-state index contributed by atoms with van der Waals surface area (Å²) in [5.74, 6) is 1.16. The van der Waals surface area contributed by atoms with Crippen LogP contribution in [0, 0.1) is 6.92 Å². The number of hydrogen-bond donors (Lipinski definition) is 0. The van der Waals surface area contributed by atoms with Gasteiger partial charge in [-0.15, -0.1) is 0 Å². The van der Waals surface area contributed by atoms with Crippen molar-refractivity contribution in [3.05, 3.63) is 17.2 Å². The smallest absolute Gasteiger partial charge is 0.149 e. The van der Waals surface area contributed by atoms with Crippen molar-refractivity contribution in [1.82, 2.24) is 9.55 Å². The Labute approximate surface area is 96.6 Å². The van der Waals surface area contributed by atoms with Crippen molar-refractivity contribution in [3.63, 3.8) is 0 Å². The summed E-state index contributed by atoms with van der Waals surface area (Å²) >= 11 is 0. The molecule has 0 fully saturated rings. The lowest BCUT2D eigenvalue weighted by molar-refractivity contribution is 0.583. The van der Waals surface area contributed by atoms with Gasteiger partial charge in [0.25, 0.3) is 0 Å². The van der Waals surface area contributed by atoms with Gasteiger partial charge in [-0.1, -0.05) is 0 Å². The standard InChI is InChI=1S/C11H18N2O2S/c1-9-12-10-5-3-4-6-11(10)13(9)7-8-16(2,14)15/h3-8H2,1-2H3. The Morgan fingerprint density at radius 1 is 1.31 bits per heavy atom. The molecule has 0 amide bonds. The van der Waals surface area contributed by atoms with E-state index < -0.39 is 9.84 Å². The lowest BCUT2D eigenvalue weighted by Gasteiger charge is -2.14. The molecule has 0 saturated carbocycles. The first-order valence-electron chi connectivity index (χ1n) is 5.70. The average Bonchev–Trinajstić information content (AvgIpc) is 2.49. The average molecular weight is 242 g/mol. The van der Waals surface area contributed by atoms with E-state index in [2.05, 4.69) is 9.55 Å². The van der Waals surface area contributed by atoms with Crippen molar-refractivity contribution < 1.29 is 8.42 Å². The molecule has 0 aromatic carbocycles. The first-order valence-corrected chi connectivity index (χ1v) is 7.76. The van der Waals surface area contributed by atoms with Crippen LogP contribution in [0.1, 0.15) is 30.1 Å². The van der Waals surface area contributed by atoms with E-state index in [1.807, 2.05) is 6.92 Å². The summed E-state index contributed by atoms with van der Waals surface area (Å²) in [4.78, 5) is 4.52. The lowest BCUT2D eigenvalue weighted by Crippen LogP contribution is -2.15. The van der Waals surface area contributed by atoms with Crippen LogP contribution in [0.3, 0.4) is 0 Å². The third-order valence-electron chi connectivity index (χ3n) is 3.11. The van der Waals surface area contributed by atoms with Crippen LogP contribution in [0.25, 0.3) is 0 Å². The molecule has 1 aliphatic carbocycles. The van der Waals surface area contributed by atoms with E-state index >= 15 is 0 Å². The Morgan fingerprint density at radius 3 is 2.69 bits per heavy atom. The first-order chi connectivity index (χ1) is 7.47. The van der Waals surface area contributed by atoms with Gasteiger partial charge < -0.3 is 4.57 Å². The molecule has 0 N–H and O–H groups in total. The fourth-order valence-corrected chi connectivity index (χ4v) is 2.80. The summed E-state index contributed by atoms with van der Waals surface area (Å²) < 4.78 is 24.4. The summed E-state index contributed by atoms with van der Waals surface area (Å²) in [6.45, 7) is 2.51. The molecule has 16 heavy (non-hydrogen) atoms. The van der Waals surface area contributed by atoms with E-state index in [9.17, 15) is 8.42 Å². The molecule has 90 valence electrons. The summed E-state index contributed by atoms with van der Waals surface area (Å²) in [5.41, 5.74) is 2.43. The van der Waals surface area contributed by atoms with E-state index in [1.54, 1.807) is 0 Å². The van der Waals surface area contributed by atoms with Gasteiger partial charge >= 0.3 is 0 Å². The van der Waals surface area contributed by atoms with Gasteiger partial charge in [-0.3, -0.25) is 0 Å². The van der Waals surface area contributed by atoms with Crippen molar-refractivity contribution in [2.75, 3.05) is 12.0 Å². The maximum Gasteiger partial charge on any atom is 0.149 e. The molecule has 0 spiro atoms. The fraction of sp³-hybridized carbons (Fsp3) is 0.727.